The van der Waals surface area contributed by atoms with E-state index in [1.165, 1.54) is 23.9 Å². The van der Waals surface area contributed by atoms with Crippen LogP contribution in [0.4, 0.5) is 10.1 Å². The molecule has 0 spiro atoms. The summed E-state index contributed by atoms with van der Waals surface area (Å²) in [4.78, 5) is 11.9. The third-order valence-electron chi connectivity index (χ3n) is 2.05. The number of benzene rings is 1. The van der Waals surface area contributed by atoms with Crippen molar-refractivity contribution in [2.75, 3.05) is 11.5 Å². The van der Waals surface area contributed by atoms with Gasteiger partial charge in [0, 0.05) is 22.3 Å². The number of halogens is 1. The van der Waals surface area contributed by atoms with Crippen molar-refractivity contribution in [3.8, 4) is 0 Å². The molecule has 5 N–H and O–H groups in total. The molecule has 1 aromatic rings. The Morgan fingerprint density at radius 2 is 2.31 bits per heavy atom. The molecule has 1 amide bonds. The van der Waals surface area contributed by atoms with E-state index in [0.29, 0.717) is 11.4 Å². The lowest BCUT2D eigenvalue weighted by atomic mass is 10.2. The molecule has 1 rings (SSSR count). The highest BCUT2D eigenvalue weighted by molar-refractivity contribution is 7.99. The minimum absolute atomic E-state index is 0.223. The second kappa shape index (κ2) is 5.72. The number of thioether (sulfide) groups is 1. The zero-order valence-electron chi connectivity index (χ0n) is 8.87. The molecule has 1 aromatic carbocycles. The molecule has 0 aliphatic carbocycles. The molecule has 0 fully saturated rings. The van der Waals surface area contributed by atoms with Crippen LogP contribution in [-0.4, -0.2) is 11.7 Å². The van der Waals surface area contributed by atoms with Crippen molar-refractivity contribution in [3.63, 3.8) is 0 Å². The number of hydrogen-bond donors (Lipinski definition) is 3. The summed E-state index contributed by atoms with van der Waals surface area (Å²) in [6.07, 6.45) is 0. The van der Waals surface area contributed by atoms with E-state index < -0.39 is 0 Å². The summed E-state index contributed by atoms with van der Waals surface area (Å²) in [6, 6.07) is 4.20. The molecule has 1 unspecified atom stereocenters. The first-order chi connectivity index (χ1) is 7.54. The van der Waals surface area contributed by atoms with E-state index >= 15 is 0 Å². The Balaban J connectivity index is 2.58. The zero-order valence-corrected chi connectivity index (χ0v) is 9.68. The Hall–Kier alpha value is -1.27. The Morgan fingerprint density at radius 1 is 1.62 bits per heavy atom. The van der Waals surface area contributed by atoms with Crippen LogP contribution in [-0.2, 0) is 4.79 Å². The third kappa shape index (κ3) is 3.39. The van der Waals surface area contributed by atoms with Crippen LogP contribution < -0.4 is 17.0 Å². The number of hydrazine groups is 1. The number of nitrogens with two attached hydrogens (primary N) is 2. The average Bonchev–Trinajstić information content (AvgIpc) is 2.26. The SMILES string of the molecule is CC(CSc1ccc(F)cc1N)C(=O)NN. The van der Waals surface area contributed by atoms with Gasteiger partial charge in [0.2, 0.25) is 5.91 Å². The highest BCUT2D eigenvalue weighted by atomic mass is 32.2. The van der Waals surface area contributed by atoms with E-state index in [0.717, 1.165) is 4.90 Å². The van der Waals surface area contributed by atoms with Crippen LogP contribution in [0.15, 0.2) is 23.1 Å². The third-order valence-corrected chi connectivity index (χ3v) is 3.40. The number of anilines is 1. The van der Waals surface area contributed by atoms with Crippen molar-refractivity contribution < 1.29 is 9.18 Å². The summed E-state index contributed by atoms with van der Waals surface area (Å²) in [7, 11) is 0. The maximum Gasteiger partial charge on any atom is 0.237 e. The topological polar surface area (TPSA) is 81.1 Å². The Kier molecular flexibility index (Phi) is 4.57. The molecule has 0 aromatic heterocycles. The lowest BCUT2D eigenvalue weighted by molar-refractivity contribution is -0.123. The van der Waals surface area contributed by atoms with Gasteiger partial charge in [0.25, 0.3) is 0 Å². The van der Waals surface area contributed by atoms with Gasteiger partial charge in [-0.05, 0) is 18.2 Å². The van der Waals surface area contributed by atoms with Gasteiger partial charge in [-0.15, -0.1) is 11.8 Å². The van der Waals surface area contributed by atoms with Gasteiger partial charge in [0.15, 0.2) is 0 Å². The molecule has 0 heterocycles. The fourth-order valence-electron chi connectivity index (χ4n) is 1.08. The fourth-order valence-corrected chi connectivity index (χ4v) is 2.05. The van der Waals surface area contributed by atoms with Gasteiger partial charge in [0.05, 0.1) is 0 Å². The molecule has 0 saturated heterocycles. The molecule has 16 heavy (non-hydrogen) atoms. The quantitative estimate of drug-likeness (QED) is 0.243. The van der Waals surface area contributed by atoms with Crippen molar-refractivity contribution in [3.05, 3.63) is 24.0 Å². The molecule has 0 aliphatic rings. The number of hydrogen-bond acceptors (Lipinski definition) is 4. The summed E-state index contributed by atoms with van der Waals surface area (Å²) >= 11 is 1.40. The summed E-state index contributed by atoms with van der Waals surface area (Å²) < 4.78 is 12.8. The van der Waals surface area contributed by atoms with E-state index in [9.17, 15) is 9.18 Å². The minimum atomic E-state index is -0.366. The van der Waals surface area contributed by atoms with Crippen molar-refractivity contribution in [2.45, 2.75) is 11.8 Å². The van der Waals surface area contributed by atoms with Crippen LogP contribution in [0, 0.1) is 11.7 Å². The van der Waals surface area contributed by atoms with Crippen LogP contribution in [0.5, 0.6) is 0 Å². The van der Waals surface area contributed by atoms with Crippen molar-refractivity contribution in [2.24, 2.45) is 11.8 Å². The second-order valence-corrected chi connectivity index (χ2v) is 4.46. The van der Waals surface area contributed by atoms with Crippen molar-refractivity contribution in [1.29, 1.82) is 0 Å². The number of nitrogens with one attached hydrogen (secondary N) is 1. The monoisotopic (exact) mass is 243 g/mol. The molecular weight excluding hydrogens is 229 g/mol. The average molecular weight is 243 g/mol. The predicted molar refractivity (Wildman–Crippen MR) is 63.0 cm³/mol. The molecule has 6 heteroatoms. The van der Waals surface area contributed by atoms with Gasteiger partial charge in [0.1, 0.15) is 5.82 Å². The molecule has 1 atom stereocenters. The number of nitrogen functional groups attached to an aromatic ring is 1. The van der Waals surface area contributed by atoms with E-state index in [1.54, 1.807) is 13.0 Å². The van der Waals surface area contributed by atoms with Crippen LogP contribution in [0.25, 0.3) is 0 Å². The molecule has 4 nitrogen and oxygen atoms in total. The summed E-state index contributed by atoms with van der Waals surface area (Å²) in [5.74, 6) is 4.73. The maximum atomic E-state index is 12.8. The van der Waals surface area contributed by atoms with E-state index in [-0.39, 0.29) is 17.6 Å². The van der Waals surface area contributed by atoms with Gasteiger partial charge in [-0.25, -0.2) is 10.2 Å². The molecule has 0 radical (unpaired) electrons. The Morgan fingerprint density at radius 3 is 2.88 bits per heavy atom. The largest absolute Gasteiger partial charge is 0.398 e. The normalized spacial score (nSPS) is 12.2. The van der Waals surface area contributed by atoms with Gasteiger partial charge in [-0.3, -0.25) is 10.2 Å². The zero-order chi connectivity index (χ0) is 12.1. The first kappa shape index (κ1) is 12.8. The summed E-state index contributed by atoms with van der Waals surface area (Å²) in [5, 5.41) is 0. The predicted octanol–water partition coefficient (Wildman–Crippen LogP) is 1.13. The van der Waals surface area contributed by atoms with E-state index in [1.807, 2.05) is 0 Å². The lowest BCUT2D eigenvalue weighted by Crippen LogP contribution is -2.35. The van der Waals surface area contributed by atoms with E-state index in [4.69, 9.17) is 11.6 Å². The summed E-state index contributed by atoms with van der Waals surface area (Å²) in [6.45, 7) is 1.76. The summed E-state index contributed by atoms with van der Waals surface area (Å²) in [5.41, 5.74) is 8.09. The second-order valence-electron chi connectivity index (χ2n) is 3.40. The fraction of sp³-hybridized carbons (Fsp3) is 0.300. The number of amides is 1. The van der Waals surface area contributed by atoms with Gasteiger partial charge in [-0.2, -0.15) is 0 Å². The first-order valence-corrected chi connectivity index (χ1v) is 5.71. The van der Waals surface area contributed by atoms with Gasteiger partial charge in [-0.1, -0.05) is 6.92 Å². The van der Waals surface area contributed by atoms with E-state index in [2.05, 4.69) is 5.43 Å². The standard InChI is InChI=1S/C10H14FN3OS/c1-6(10(15)14-13)5-16-9-3-2-7(11)4-8(9)12/h2-4,6H,5,12-13H2,1H3,(H,14,15). The van der Waals surface area contributed by atoms with Crippen LogP contribution in [0.2, 0.25) is 0 Å². The van der Waals surface area contributed by atoms with Crippen LogP contribution in [0.3, 0.4) is 0 Å². The van der Waals surface area contributed by atoms with Crippen LogP contribution >= 0.6 is 11.8 Å². The maximum absolute atomic E-state index is 12.8. The highest BCUT2D eigenvalue weighted by Crippen LogP contribution is 2.27. The minimum Gasteiger partial charge on any atom is -0.398 e. The Labute approximate surface area is 97.5 Å². The molecule has 0 saturated carbocycles. The number of carbonyl (C=O) groups excluding carboxylic acids is 1. The van der Waals surface area contributed by atoms with Crippen molar-refractivity contribution in [1.82, 2.24) is 5.43 Å². The van der Waals surface area contributed by atoms with Gasteiger partial charge >= 0.3 is 0 Å². The molecule has 0 aliphatic heterocycles. The smallest absolute Gasteiger partial charge is 0.237 e. The van der Waals surface area contributed by atoms with Gasteiger partial charge < -0.3 is 5.73 Å². The number of carbonyl (C=O) groups is 1. The molecular formula is C10H14FN3OS. The highest BCUT2D eigenvalue weighted by Gasteiger charge is 2.12. The molecule has 0 bridgehead atoms. The van der Waals surface area contributed by atoms with Crippen molar-refractivity contribution >= 4 is 23.4 Å². The Bertz CT molecular complexity index is 386. The number of rotatable bonds is 4. The molecule has 88 valence electrons. The van der Waals surface area contributed by atoms with Crippen LogP contribution in [0.1, 0.15) is 6.92 Å². The first-order valence-electron chi connectivity index (χ1n) is 4.73. The lowest BCUT2D eigenvalue weighted by Gasteiger charge is -2.10.